The van der Waals surface area contributed by atoms with Crippen LogP contribution in [0.25, 0.3) is 0 Å². The second-order valence-corrected chi connectivity index (χ2v) is 2.76. The minimum Gasteiger partial charge on any atom is -0.325 e. The molecule has 1 rings (SSSR count). The van der Waals surface area contributed by atoms with Gasteiger partial charge in [-0.15, -0.1) is 6.42 Å². The molecule has 0 aliphatic heterocycles. The highest BCUT2D eigenvalue weighted by Gasteiger charge is 2.16. The monoisotopic (exact) mass is 192 g/mol. The number of hydrogen-bond donors (Lipinski definition) is 1. The number of nitrogens with zero attached hydrogens (tertiary/aromatic N) is 3. The first kappa shape index (κ1) is 10.3. The second-order valence-electron chi connectivity index (χ2n) is 2.76. The van der Waals surface area contributed by atoms with E-state index in [2.05, 4.69) is 21.1 Å². The van der Waals surface area contributed by atoms with E-state index in [9.17, 15) is 4.79 Å². The third-order valence-electron chi connectivity index (χ3n) is 1.68. The lowest BCUT2D eigenvalue weighted by atomic mass is 10.3. The van der Waals surface area contributed by atoms with Gasteiger partial charge in [-0.3, -0.25) is 9.89 Å². The van der Waals surface area contributed by atoms with Crippen LogP contribution < -0.4 is 0 Å². The summed E-state index contributed by atoms with van der Waals surface area (Å²) in [5.41, 5.74) is 0. The zero-order valence-corrected chi connectivity index (χ0v) is 8.03. The van der Waals surface area contributed by atoms with E-state index in [-0.39, 0.29) is 11.7 Å². The molecule has 0 aliphatic rings. The van der Waals surface area contributed by atoms with E-state index >= 15 is 0 Å². The highest BCUT2D eigenvalue weighted by atomic mass is 16.2. The Kier molecular flexibility index (Phi) is 3.68. The molecule has 0 saturated heterocycles. The van der Waals surface area contributed by atoms with Crippen molar-refractivity contribution in [3.8, 4) is 12.3 Å². The molecule has 0 spiro atoms. The fourth-order valence-corrected chi connectivity index (χ4v) is 1.09. The maximum Gasteiger partial charge on any atom is 0.291 e. The summed E-state index contributed by atoms with van der Waals surface area (Å²) in [5.74, 6) is 2.46. The van der Waals surface area contributed by atoms with Crippen LogP contribution in [0.5, 0.6) is 0 Å². The van der Waals surface area contributed by atoms with Crippen molar-refractivity contribution >= 4 is 5.91 Å². The van der Waals surface area contributed by atoms with Crippen LogP contribution in [0.2, 0.25) is 0 Å². The minimum absolute atomic E-state index is 0.206. The first-order chi connectivity index (χ1) is 6.79. The third-order valence-corrected chi connectivity index (χ3v) is 1.68. The lowest BCUT2D eigenvalue weighted by Crippen LogP contribution is -2.32. The van der Waals surface area contributed by atoms with E-state index in [4.69, 9.17) is 6.42 Å². The SMILES string of the molecule is C#CCN(CCC)C(=O)c1ncn[nH]1. The Morgan fingerprint density at radius 3 is 3.07 bits per heavy atom. The molecule has 0 bridgehead atoms. The molecule has 0 atom stereocenters. The van der Waals surface area contributed by atoms with Gasteiger partial charge in [-0.1, -0.05) is 12.8 Å². The molecule has 0 aromatic carbocycles. The molecule has 0 saturated carbocycles. The summed E-state index contributed by atoms with van der Waals surface area (Å²) in [6.07, 6.45) is 7.32. The van der Waals surface area contributed by atoms with Crippen LogP contribution in [0.1, 0.15) is 24.0 Å². The Bertz CT molecular complexity index is 325. The van der Waals surface area contributed by atoms with Crippen LogP contribution in [0.3, 0.4) is 0 Å². The molecule has 0 aliphatic carbocycles. The summed E-state index contributed by atoms with van der Waals surface area (Å²) in [5, 5.41) is 6.12. The van der Waals surface area contributed by atoms with Crippen molar-refractivity contribution < 1.29 is 4.79 Å². The molecule has 5 heteroatoms. The van der Waals surface area contributed by atoms with Gasteiger partial charge in [0.05, 0.1) is 6.54 Å². The van der Waals surface area contributed by atoms with Crippen LogP contribution in [0.15, 0.2) is 6.33 Å². The van der Waals surface area contributed by atoms with Gasteiger partial charge in [-0.25, -0.2) is 4.98 Å². The summed E-state index contributed by atoms with van der Waals surface area (Å²) in [4.78, 5) is 17.0. The number of carbonyl (C=O) groups is 1. The lowest BCUT2D eigenvalue weighted by Gasteiger charge is -2.17. The summed E-state index contributed by atoms with van der Waals surface area (Å²) in [7, 11) is 0. The van der Waals surface area contributed by atoms with Crippen LogP contribution >= 0.6 is 0 Å². The van der Waals surface area contributed by atoms with Crippen LogP contribution in [0.4, 0.5) is 0 Å². The molecule has 1 heterocycles. The quantitative estimate of drug-likeness (QED) is 0.697. The lowest BCUT2D eigenvalue weighted by molar-refractivity contribution is 0.0765. The fourth-order valence-electron chi connectivity index (χ4n) is 1.09. The molecule has 0 unspecified atom stereocenters. The minimum atomic E-state index is -0.206. The Morgan fingerprint density at radius 2 is 2.57 bits per heavy atom. The first-order valence-electron chi connectivity index (χ1n) is 4.37. The van der Waals surface area contributed by atoms with Gasteiger partial charge >= 0.3 is 0 Å². The van der Waals surface area contributed by atoms with Crippen molar-refractivity contribution in [2.45, 2.75) is 13.3 Å². The molecule has 1 amide bonds. The molecular formula is C9H12N4O. The van der Waals surface area contributed by atoms with E-state index in [0.717, 1.165) is 6.42 Å². The van der Waals surface area contributed by atoms with Crippen molar-refractivity contribution in [3.63, 3.8) is 0 Å². The van der Waals surface area contributed by atoms with Gasteiger partial charge in [0.2, 0.25) is 5.82 Å². The number of nitrogens with one attached hydrogen (secondary N) is 1. The molecule has 14 heavy (non-hydrogen) atoms. The van der Waals surface area contributed by atoms with Gasteiger partial charge in [0.15, 0.2) is 0 Å². The highest BCUT2D eigenvalue weighted by Crippen LogP contribution is 1.98. The Morgan fingerprint density at radius 1 is 1.79 bits per heavy atom. The van der Waals surface area contributed by atoms with E-state index in [1.165, 1.54) is 6.33 Å². The van der Waals surface area contributed by atoms with Crippen molar-refractivity contribution in [3.05, 3.63) is 12.2 Å². The smallest absolute Gasteiger partial charge is 0.291 e. The molecule has 1 aromatic rings. The van der Waals surface area contributed by atoms with Gasteiger partial charge in [-0.2, -0.15) is 5.10 Å². The number of carbonyl (C=O) groups excluding carboxylic acids is 1. The number of terminal acetylenes is 1. The van der Waals surface area contributed by atoms with Crippen molar-refractivity contribution in [1.29, 1.82) is 0 Å². The summed E-state index contributed by atoms with van der Waals surface area (Å²) >= 11 is 0. The van der Waals surface area contributed by atoms with Crippen LogP contribution in [-0.4, -0.2) is 39.1 Å². The maximum atomic E-state index is 11.7. The van der Waals surface area contributed by atoms with E-state index < -0.39 is 0 Å². The van der Waals surface area contributed by atoms with Crippen molar-refractivity contribution in [1.82, 2.24) is 20.1 Å². The van der Waals surface area contributed by atoms with Gasteiger partial charge in [-0.05, 0) is 6.42 Å². The molecular weight excluding hydrogens is 180 g/mol. The standard InChI is InChI=1S/C9H12N4O/c1-3-5-13(6-4-2)9(14)8-10-7-11-12-8/h1,7H,4-6H2,2H3,(H,10,11,12). The van der Waals surface area contributed by atoms with E-state index in [1.807, 2.05) is 6.92 Å². The third kappa shape index (κ3) is 2.33. The topological polar surface area (TPSA) is 61.9 Å². The molecule has 74 valence electrons. The number of hydrogen-bond acceptors (Lipinski definition) is 3. The zero-order valence-electron chi connectivity index (χ0n) is 8.03. The average Bonchev–Trinajstić information content (AvgIpc) is 2.69. The maximum absolute atomic E-state index is 11.7. The highest BCUT2D eigenvalue weighted by molar-refractivity contribution is 5.90. The number of H-pyrrole nitrogens is 1. The second kappa shape index (κ2) is 5.02. The Balaban J connectivity index is 2.69. The summed E-state index contributed by atoms with van der Waals surface area (Å²) < 4.78 is 0. The van der Waals surface area contributed by atoms with Gasteiger partial charge in [0.25, 0.3) is 5.91 Å². The summed E-state index contributed by atoms with van der Waals surface area (Å²) in [6.45, 7) is 2.91. The van der Waals surface area contributed by atoms with Crippen molar-refractivity contribution in [2.24, 2.45) is 0 Å². The molecule has 0 fully saturated rings. The Hall–Kier alpha value is -1.83. The van der Waals surface area contributed by atoms with E-state index in [1.54, 1.807) is 4.90 Å². The molecule has 1 N–H and O–H groups in total. The van der Waals surface area contributed by atoms with Gasteiger partial charge in [0, 0.05) is 6.54 Å². The fraction of sp³-hybridized carbons (Fsp3) is 0.444. The molecule has 5 nitrogen and oxygen atoms in total. The predicted molar refractivity (Wildman–Crippen MR) is 51.4 cm³/mol. The first-order valence-corrected chi connectivity index (χ1v) is 4.37. The number of amides is 1. The van der Waals surface area contributed by atoms with Crippen LogP contribution in [0, 0.1) is 12.3 Å². The van der Waals surface area contributed by atoms with Crippen LogP contribution in [-0.2, 0) is 0 Å². The molecule has 1 aromatic heterocycles. The van der Waals surface area contributed by atoms with Gasteiger partial charge in [0.1, 0.15) is 6.33 Å². The average molecular weight is 192 g/mol. The largest absolute Gasteiger partial charge is 0.325 e. The summed E-state index contributed by atoms with van der Waals surface area (Å²) in [6, 6.07) is 0. The number of aromatic nitrogens is 3. The zero-order chi connectivity index (χ0) is 10.4. The number of aromatic amines is 1. The van der Waals surface area contributed by atoms with Crippen molar-refractivity contribution in [2.75, 3.05) is 13.1 Å². The normalized spacial score (nSPS) is 9.43. The predicted octanol–water partition coefficient (Wildman–Crippen LogP) is 0.290. The van der Waals surface area contributed by atoms with Gasteiger partial charge < -0.3 is 4.90 Å². The Labute approximate surface area is 82.5 Å². The molecule has 0 radical (unpaired) electrons. The number of rotatable bonds is 4. The van der Waals surface area contributed by atoms with E-state index in [0.29, 0.717) is 13.1 Å².